The lowest BCUT2D eigenvalue weighted by Gasteiger charge is -2.21. The summed E-state index contributed by atoms with van der Waals surface area (Å²) in [4.78, 5) is 17.6. The number of hydrogen-bond acceptors (Lipinski definition) is 6. The number of rotatable bonds is 6. The molecule has 0 aliphatic carbocycles. The Morgan fingerprint density at radius 3 is 2.91 bits per heavy atom. The van der Waals surface area contributed by atoms with Crippen LogP contribution in [0.1, 0.15) is 28.4 Å². The van der Waals surface area contributed by atoms with E-state index in [1.807, 2.05) is 6.92 Å². The first-order valence-corrected chi connectivity index (χ1v) is 9.68. The molecule has 0 radical (unpaired) electrons. The van der Waals surface area contributed by atoms with Crippen LogP contribution in [-0.2, 0) is 32.7 Å². The number of aryl methyl sites for hydroxylation is 1. The number of nitrogens with zero attached hydrogens (tertiary/aromatic N) is 2. The van der Waals surface area contributed by atoms with Gasteiger partial charge in [0, 0.05) is 18.5 Å². The molecule has 0 aromatic carbocycles. The van der Waals surface area contributed by atoms with Crippen molar-refractivity contribution in [1.82, 2.24) is 14.6 Å². The molecule has 9 heteroatoms. The predicted octanol–water partition coefficient (Wildman–Crippen LogP) is 0.638. The zero-order valence-electron chi connectivity index (χ0n) is 13.0. The van der Waals surface area contributed by atoms with E-state index in [0.29, 0.717) is 32.5 Å². The van der Waals surface area contributed by atoms with E-state index in [2.05, 4.69) is 10.3 Å². The molecule has 2 rings (SSSR count). The van der Waals surface area contributed by atoms with E-state index in [-0.39, 0.29) is 5.91 Å². The maximum Gasteiger partial charge on any atom is 0.238 e. The van der Waals surface area contributed by atoms with Gasteiger partial charge in [-0.3, -0.25) is 4.79 Å². The van der Waals surface area contributed by atoms with Gasteiger partial charge < -0.3 is 10.1 Å². The molecule has 1 N–H and O–H groups in total. The molecular weight excluding hydrogens is 326 g/mol. The molecule has 2 heterocycles. The van der Waals surface area contributed by atoms with E-state index in [9.17, 15) is 13.2 Å². The topological polar surface area (TPSA) is 88.6 Å². The van der Waals surface area contributed by atoms with Crippen molar-refractivity contribution in [2.45, 2.75) is 39.0 Å². The monoisotopic (exact) mass is 347 g/mol. The van der Waals surface area contributed by atoms with Crippen LogP contribution in [0.2, 0.25) is 0 Å². The number of sulfonamides is 1. The number of hydrogen-bond donors (Lipinski definition) is 1. The van der Waals surface area contributed by atoms with Crippen molar-refractivity contribution in [3.63, 3.8) is 0 Å². The Kier molecular flexibility index (Phi) is 5.54. The molecule has 1 atom stereocenters. The summed E-state index contributed by atoms with van der Waals surface area (Å²) in [6.45, 7) is 3.11. The van der Waals surface area contributed by atoms with Gasteiger partial charge in [-0.1, -0.05) is 0 Å². The van der Waals surface area contributed by atoms with E-state index in [4.69, 9.17) is 4.74 Å². The number of nitrogens with one attached hydrogen (secondary N) is 1. The Balaban J connectivity index is 1.98. The SMILES string of the molecule is COCc1nc(C)c(CNC(=O)[C@@H]2CCCN2S(C)(=O)=O)s1. The smallest absolute Gasteiger partial charge is 0.238 e. The van der Waals surface area contributed by atoms with Crippen LogP contribution in [0.25, 0.3) is 0 Å². The Morgan fingerprint density at radius 2 is 2.27 bits per heavy atom. The summed E-state index contributed by atoms with van der Waals surface area (Å²) in [6, 6.07) is -0.596. The minimum Gasteiger partial charge on any atom is -0.378 e. The van der Waals surface area contributed by atoms with Gasteiger partial charge in [0.2, 0.25) is 15.9 Å². The minimum absolute atomic E-state index is 0.246. The number of amides is 1. The van der Waals surface area contributed by atoms with Crippen molar-refractivity contribution in [1.29, 1.82) is 0 Å². The first-order chi connectivity index (χ1) is 10.3. The third-order valence-corrected chi connectivity index (χ3v) is 5.98. The van der Waals surface area contributed by atoms with Gasteiger partial charge in [-0.2, -0.15) is 4.31 Å². The van der Waals surface area contributed by atoms with Crippen LogP contribution in [0.15, 0.2) is 0 Å². The maximum atomic E-state index is 12.3. The molecule has 1 aromatic rings. The molecule has 1 aliphatic heterocycles. The zero-order chi connectivity index (χ0) is 16.3. The fourth-order valence-corrected chi connectivity index (χ4v) is 4.63. The summed E-state index contributed by atoms with van der Waals surface area (Å²) < 4.78 is 29.7. The quantitative estimate of drug-likeness (QED) is 0.816. The number of methoxy groups -OCH3 is 1. The second-order valence-corrected chi connectivity index (χ2v) is 8.40. The highest BCUT2D eigenvalue weighted by Crippen LogP contribution is 2.22. The highest BCUT2D eigenvalue weighted by molar-refractivity contribution is 7.88. The standard InChI is InChI=1S/C13H21N3O4S2/c1-9-11(21-12(15-9)8-20-2)7-14-13(17)10-5-4-6-16(10)22(3,18)19/h10H,4-8H2,1-3H3,(H,14,17)/t10-/m0/s1. The number of carbonyl (C=O) groups excluding carboxylic acids is 1. The minimum atomic E-state index is -3.34. The molecule has 1 fully saturated rings. The van der Waals surface area contributed by atoms with E-state index in [1.54, 1.807) is 7.11 Å². The van der Waals surface area contributed by atoms with Crippen molar-refractivity contribution in [3.05, 3.63) is 15.6 Å². The zero-order valence-corrected chi connectivity index (χ0v) is 14.6. The lowest BCUT2D eigenvalue weighted by Crippen LogP contribution is -2.45. The molecule has 1 saturated heterocycles. The molecule has 1 amide bonds. The van der Waals surface area contributed by atoms with Crippen molar-refractivity contribution in [3.8, 4) is 0 Å². The number of thiazole rings is 1. The van der Waals surface area contributed by atoms with Gasteiger partial charge in [0.25, 0.3) is 0 Å². The first kappa shape index (κ1) is 17.3. The molecule has 7 nitrogen and oxygen atoms in total. The molecule has 22 heavy (non-hydrogen) atoms. The molecule has 1 aromatic heterocycles. The van der Waals surface area contributed by atoms with Crippen molar-refractivity contribution < 1.29 is 17.9 Å². The van der Waals surface area contributed by atoms with E-state index >= 15 is 0 Å². The van der Waals surface area contributed by atoms with Crippen LogP contribution >= 0.6 is 11.3 Å². The Morgan fingerprint density at radius 1 is 1.55 bits per heavy atom. The van der Waals surface area contributed by atoms with Crippen molar-refractivity contribution in [2.24, 2.45) is 0 Å². The second kappa shape index (κ2) is 7.03. The largest absolute Gasteiger partial charge is 0.378 e. The molecule has 1 aliphatic rings. The summed E-state index contributed by atoms with van der Waals surface area (Å²) in [7, 11) is -1.74. The summed E-state index contributed by atoms with van der Waals surface area (Å²) in [5.41, 5.74) is 0.865. The highest BCUT2D eigenvalue weighted by Gasteiger charge is 2.36. The third kappa shape index (κ3) is 4.03. The van der Waals surface area contributed by atoms with E-state index in [0.717, 1.165) is 21.8 Å². The van der Waals surface area contributed by atoms with Gasteiger partial charge in [0.05, 0.1) is 25.1 Å². The predicted molar refractivity (Wildman–Crippen MR) is 84.0 cm³/mol. The van der Waals surface area contributed by atoms with Crippen LogP contribution in [0.5, 0.6) is 0 Å². The van der Waals surface area contributed by atoms with Gasteiger partial charge in [0.15, 0.2) is 0 Å². The summed E-state index contributed by atoms with van der Waals surface area (Å²) in [5.74, 6) is -0.246. The van der Waals surface area contributed by atoms with Gasteiger partial charge in [0.1, 0.15) is 11.0 Å². The van der Waals surface area contributed by atoms with Gasteiger partial charge in [-0.05, 0) is 19.8 Å². The number of ether oxygens (including phenoxy) is 1. The van der Waals surface area contributed by atoms with E-state index < -0.39 is 16.1 Å². The number of carbonyl (C=O) groups is 1. The van der Waals surface area contributed by atoms with Gasteiger partial charge >= 0.3 is 0 Å². The fourth-order valence-electron chi connectivity index (χ4n) is 2.52. The highest BCUT2D eigenvalue weighted by atomic mass is 32.2. The molecule has 0 unspecified atom stereocenters. The summed E-state index contributed by atoms with van der Waals surface area (Å²) in [6.07, 6.45) is 2.42. The summed E-state index contributed by atoms with van der Waals surface area (Å²) >= 11 is 1.49. The second-order valence-electron chi connectivity index (χ2n) is 5.30. The van der Waals surface area contributed by atoms with Crippen molar-refractivity contribution in [2.75, 3.05) is 19.9 Å². The number of aromatic nitrogens is 1. The maximum absolute atomic E-state index is 12.3. The van der Waals surface area contributed by atoms with E-state index in [1.165, 1.54) is 15.6 Å². The summed E-state index contributed by atoms with van der Waals surface area (Å²) in [5, 5.41) is 3.69. The average Bonchev–Trinajstić information content (AvgIpc) is 3.03. The lowest BCUT2D eigenvalue weighted by molar-refractivity contribution is -0.124. The lowest BCUT2D eigenvalue weighted by atomic mass is 10.2. The van der Waals surface area contributed by atoms with Gasteiger partial charge in [-0.25, -0.2) is 13.4 Å². The van der Waals surface area contributed by atoms with Crippen LogP contribution in [0.4, 0.5) is 0 Å². The first-order valence-electron chi connectivity index (χ1n) is 7.01. The molecular formula is C13H21N3O4S2. The Labute approximate surface area is 134 Å². The Bertz CT molecular complexity index is 642. The molecule has 0 saturated carbocycles. The van der Waals surface area contributed by atoms with Crippen LogP contribution in [0.3, 0.4) is 0 Å². The average molecular weight is 347 g/mol. The van der Waals surface area contributed by atoms with Crippen LogP contribution in [-0.4, -0.2) is 49.6 Å². The van der Waals surface area contributed by atoms with Crippen LogP contribution in [0, 0.1) is 6.92 Å². The molecule has 0 bridgehead atoms. The van der Waals surface area contributed by atoms with Crippen molar-refractivity contribution >= 4 is 27.3 Å². The molecule has 0 spiro atoms. The Hall–Kier alpha value is -1.03. The normalized spacial score (nSPS) is 19.5. The third-order valence-electron chi connectivity index (χ3n) is 3.56. The van der Waals surface area contributed by atoms with Crippen LogP contribution < -0.4 is 5.32 Å². The fraction of sp³-hybridized carbons (Fsp3) is 0.692. The molecule has 124 valence electrons. The van der Waals surface area contributed by atoms with Gasteiger partial charge in [-0.15, -0.1) is 11.3 Å².